The van der Waals surface area contributed by atoms with Gasteiger partial charge in [0.1, 0.15) is 5.82 Å². The number of nitrogens with two attached hydrogens (primary N) is 1. The van der Waals surface area contributed by atoms with E-state index in [0.717, 1.165) is 5.82 Å². The smallest absolute Gasteiger partial charge is 0.200 e. The van der Waals surface area contributed by atoms with Crippen molar-refractivity contribution in [2.24, 2.45) is 11.7 Å². The van der Waals surface area contributed by atoms with E-state index in [4.69, 9.17) is 5.73 Å². The van der Waals surface area contributed by atoms with Gasteiger partial charge < -0.3 is 11.1 Å². The van der Waals surface area contributed by atoms with E-state index in [-0.39, 0.29) is 6.04 Å². The second kappa shape index (κ2) is 4.40. The Kier molecular flexibility index (Phi) is 2.95. The lowest BCUT2D eigenvalue weighted by Crippen LogP contribution is -2.34. The molecule has 0 amide bonds. The monoisotopic (exact) mass is 221 g/mol. The number of rotatable bonds is 4. The van der Waals surface area contributed by atoms with Crippen molar-refractivity contribution < 1.29 is 0 Å². The molecule has 1 unspecified atom stereocenters. The lowest BCUT2D eigenvalue weighted by molar-refractivity contribution is 0.510. The molecule has 1 atom stereocenters. The van der Waals surface area contributed by atoms with Crippen LogP contribution in [0.2, 0.25) is 0 Å². The molecule has 0 aliphatic rings. The highest BCUT2D eigenvalue weighted by atomic mass is 15.6. The molecule has 0 bridgehead atoms. The predicted molar refractivity (Wildman–Crippen MR) is 59.9 cm³/mol. The Morgan fingerprint density at radius 3 is 3.00 bits per heavy atom. The van der Waals surface area contributed by atoms with E-state index in [1.807, 2.05) is 6.07 Å². The normalized spacial score (nSPS) is 13.2. The quantitative estimate of drug-likeness (QED) is 0.749. The summed E-state index contributed by atoms with van der Waals surface area (Å²) in [6.45, 7) is 4.85. The molecule has 0 fully saturated rings. The third-order valence-corrected chi connectivity index (χ3v) is 2.44. The van der Waals surface area contributed by atoms with Crippen LogP contribution in [0.1, 0.15) is 13.8 Å². The van der Waals surface area contributed by atoms with E-state index >= 15 is 0 Å². The fraction of sp³-hybridized carbons (Fsp3) is 0.556. The van der Waals surface area contributed by atoms with Crippen LogP contribution in [-0.2, 0) is 0 Å². The highest BCUT2D eigenvalue weighted by Gasteiger charge is 2.07. The van der Waals surface area contributed by atoms with E-state index in [1.165, 1.54) is 4.63 Å². The SMILES string of the molecule is CC(C)C(N)CNc1ccc2nnnn2n1. The van der Waals surface area contributed by atoms with Gasteiger partial charge in [0.25, 0.3) is 0 Å². The van der Waals surface area contributed by atoms with E-state index < -0.39 is 0 Å². The van der Waals surface area contributed by atoms with E-state index in [9.17, 15) is 0 Å². The molecule has 7 nitrogen and oxygen atoms in total. The minimum atomic E-state index is 0.103. The minimum absolute atomic E-state index is 0.103. The van der Waals surface area contributed by atoms with Gasteiger partial charge in [-0.15, -0.1) is 14.8 Å². The summed E-state index contributed by atoms with van der Waals surface area (Å²) in [5, 5.41) is 18.3. The van der Waals surface area contributed by atoms with E-state index in [2.05, 4.69) is 39.8 Å². The first kappa shape index (κ1) is 10.7. The highest BCUT2D eigenvalue weighted by Crippen LogP contribution is 2.04. The molecule has 2 aromatic heterocycles. The molecule has 2 rings (SSSR count). The number of anilines is 1. The molecule has 2 heterocycles. The van der Waals surface area contributed by atoms with Crippen molar-refractivity contribution >= 4 is 11.5 Å². The number of nitrogens with one attached hydrogen (secondary N) is 1. The molecular weight excluding hydrogens is 206 g/mol. The molecule has 7 heteroatoms. The van der Waals surface area contributed by atoms with Crippen LogP contribution < -0.4 is 11.1 Å². The standard InChI is InChI=1S/C9H15N7/c1-6(2)7(10)5-11-8-3-4-9-12-14-15-16(9)13-8/h3-4,6-7H,5,10H2,1-2H3,(H,11,13). The molecule has 0 radical (unpaired) electrons. The van der Waals surface area contributed by atoms with Crippen molar-refractivity contribution in [3.63, 3.8) is 0 Å². The van der Waals surface area contributed by atoms with Crippen LogP contribution >= 0.6 is 0 Å². The third kappa shape index (κ3) is 2.25. The number of aromatic nitrogens is 5. The van der Waals surface area contributed by atoms with Crippen LogP contribution in [0.3, 0.4) is 0 Å². The van der Waals surface area contributed by atoms with Gasteiger partial charge in [-0.2, -0.15) is 0 Å². The summed E-state index contributed by atoms with van der Waals surface area (Å²) in [6, 6.07) is 3.74. The number of tetrazole rings is 1. The van der Waals surface area contributed by atoms with E-state index in [1.54, 1.807) is 6.07 Å². The van der Waals surface area contributed by atoms with E-state index in [0.29, 0.717) is 18.1 Å². The molecule has 3 N–H and O–H groups in total. The minimum Gasteiger partial charge on any atom is -0.367 e. The van der Waals surface area contributed by atoms with Crippen LogP contribution in [0.4, 0.5) is 5.82 Å². The van der Waals surface area contributed by atoms with Gasteiger partial charge in [-0.3, -0.25) is 0 Å². The van der Waals surface area contributed by atoms with Gasteiger partial charge in [0.2, 0.25) is 0 Å². The fourth-order valence-corrected chi connectivity index (χ4v) is 1.20. The maximum atomic E-state index is 5.92. The lowest BCUT2D eigenvalue weighted by atomic mass is 10.1. The second-order valence-electron chi connectivity index (χ2n) is 4.03. The molecule has 0 aliphatic heterocycles. The first-order valence-electron chi connectivity index (χ1n) is 5.21. The number of hydrogen-bond acceptors (Lipinski definition) is 6. The van der Waals surface area contributed by atoms with Crippen molar-refractivity contribution in [3.05, 3.63) is 12.1 Å². The Bertz CT molecular complexity index is 464. The van der Waals surface area contributed by atoms with Crippen molar-refractivity contribution in [3.8, 4) is 0 Å². The molecular formula is C9H15N7. The number of nitrogens with zero attached hydrogens (tertiary/aromatic N) is 5. The Labute approximate surface area is 93.0 Å². The fourth-order valence-electron chi connectivity index (χ4n) is 1.20. The molecule has 0 aromatic carbocycles. The zero-order valence-corrected chi connectivity index (χ0v) is 9.33. The average molecular weight is 221 g/mol. The molecule has 86 valence electrons. The molecule has 16 heavy (non-hydrogen) atoms. The van der Waals surface area contributed by atoms with Crippen LogP contribution in [0.15, 0.2) is 12.1 Å². The summed E-state index contributed by atoms with van der Waals surface area (Å²) in [5.41, 5.74) is 6.54. The van der Waals surface area contributed by atoms with Gasteiger partial charge in [0.15, 0.2) is 5.65 Å². The Morgan fingerprint density at radius 2 is 2.25 bits per heavy atom. The van der Waals surface area contributed by atoms with Crippen molar-refractivity contribution in [2.45, 2.75) is 19.9 Å². The first-order chi connectivity index (χ1) is 7.66. The van der Waals surface area contributed by atoms with Gasteiger partial charge in [-0.05, 0) is 28.5 Å². The summed E-state index contributed by atoms with van der Waals surface area (Å²) >= 11 is 0. The summed E-state index contributed by atoms with van der Waals surface area (Å²) in [5.74, 6) is 1.15. The molecule has 0 spiro atoms. The zero-order valence-electron chi connectivity index (χ0n) is 9.33. The van der Waals surface area contributed by atoms with Crippen molar-refractivity contribution in [2.75, 3.05) is 11.9 Å². The summed E-state index contributed by atoms with van der Waals surface area (Å²) in [6.07, 6.45) is 0. The van der Waals surface area contributed by atoms with Crippen molar-refractivity contribution in [1.82, 2.24) is 25.3 Å². The summed E-state index contributed by atoms with van der Waals surface area (Å²) < 4.78 is 1.38. The van der Waals surface area contributed by atoms with Crippen LogP contribution in [0.25, 0.3) is 5.65 Å². The van der Waals surface area contributed by atoms with Gasteiger partial charge in [-0.1, -0.05) is 13.8 Å². The zero-order chi connectivity index (χ0) is 11.5. The predicted octanol–water partition coefficient (Wildman–Crippen LogP) is -0.0855. The van der Waals surface area contributed by atoms with Gasteiger partial charge in [0, 0.05) is 12.6 Å². The lowest BCUT2D eigenvalue weighted by Gasteiger charge is -2.16. The molecule has 2 aromatic rings. The van der Waals surface area contributed by atoms with Gasteiger partial charge >= 0.3 is 0 Å². The largest absolute Gasteiger partial charge is 0.367 e. The van der Waals surface area contributed by atoms with Crippen LogP contribution in [-0.4, -0.2) is 37.8 Å². The first-order valence-corrected chi connectivity index (χ1v) is 5.21. The van der Waals surface area contributed by atoms with Crippen molar-refractivity contribution in [1.29, 1.82) is 0 Å². The van der Waals surface area contributed by atoms with Crippen LogP contribution in [0, 0.1) is 5.92 Å². The average Bonchev–Trinajstić information content (AvgIpc) is 2.72. The number of hydrogen-bond donors (Lipinski definition) is 2. The Balaban J connectivity index is 2.04. The van der Waals surface area contributed by atoms with Gasteiger partial charge in [0.05, 0.1) is 0 Å². The molecule has 0 saturated carbocycles. The maximum absolute atomic E-state index is 5.92. The van der Waals surface area contributed by atoms with Crippen LogP contribution in [0.5, 0.6) is 0 Å². The highest BCUT2D eigenvalue weighted by molar-refractivity contribution is 5.42. The summed E-state index contributed by atoms with van der Waals surface area (Å²) in [7, 11) is 0. The number of fused-ring (bicyclic) bond motifs is 1. The summed E-state index contributed by atoms with van der Waals surface area (Å²) in [4.78, 5) is 0. The Morgan fingerprint density at radius 1 is 1.44 bits per heavy atom. The molecule has 0 aliphatic carbocycles. The third-order valence-electron chi connectivity index (χ3n) is 2.44. The Hall–Kier alpha value is -1.76. The molecule has 0 saturated heterocycles. The topological polar surface area (TPSA) is 94.0 Å². The van der Waals surface area contributed by atoms with Gasteiger partial charge in [-0.25, -0.2) is 0 Å². The maximum Gasteiger partial charge on any atom is 0.200 e. The second-order valence-corrected chi connectivity index (χ2v) is 4.03.